The number of allylic oxidation sites excluding steroid dienone is 2. The van der Waals surface area contributed by atoms with Crippen molar-refractivity contribution >= 4 is 23.9 Å². The van der Waals surface area contributed by atoms with E-state index in [1.165, 1.54) is 13.4 Å². The van der Waals surface area contributed by atoms with Gasteiger partial charge in [0.05, 0.1) is 30.4 Å². The predicted octanol–water partition coefficient (Wildman–Crippen LogP) is -1.31. The largest absolute Gasteiger partial charge is 0.373 e. The van der Waals surface area contributed by atoms with E-state index in [2.05, 4.69) is 15.1 Å². The molecule has 3 N–H and O–H groups in total. The molecule has 0 spiro atoms. The van der Waals surface area contributed by atoms with Gasteiger partial charge in [0, 0.05) is 44.9 Å². The van der Waals surface area contributed by atoms with Crippen molar-refractivity contribution in [2.45, 2.75) is 31.2 Å². The Labute approximate surface area is 162 Å². The lowest BCUT2D eigenvalue weighted by Crippen LogP contribution is -2.54. The molecule has 2 fully saturated rings. The van der Waals surface area contributed by atoms with Gasteiger partial charge in [-0.3, -0.25) is 14.4 Å². The number of nitrogens with zero attached hydrogens (tertiary/aromatic N) is 3. The number of Topliss-reactive ketones (excluding diaryl/α,β-unsaturated/α-hetero) is 2. The van der Waals surface area contributed by atoms with Crippen molar-refractivity contribution in [3.63, 3.8) is 0 Å². The fraction of sp³-hybridized carbons (Fsp3) is 0.556. The fourth-order valence-electron chi connectivity index (χ4n) is 4.70. The average molecular weight is 389 g/mol. The van der Waals surface area contributed by atoms with E-state index in [0.717, 1.165) is 0 Å². The molecule has 150 valence electrons. The predicted molar refractivity (Wildman–Crippen MR) is 97.5 cm³/mol. The molecule has 10 nitrogen and oxygen atoms in total. The number of nitrogens with one attached hydrogen (secondary N) is 1. The number of ketones is 2. The number of ether oxygens (including phenoxy) is 1. The number of nitrogens with two attached hydrogens (primary N) is 1. The summed E-state index contributed by atoms with van der Waals surface area (Å²) < 4.78 is 5.90. The van der Waals surface area contributed by atoms with Crippen LogP contribution in [0.1, 0.15) is 13.3 Å². The number of methoxy groups -OCH3 is 1. The van der Waals surface area contributed by atoms with Crippen LogP contribution in [0.5, 0.6) is 0 Å². The molecule has 1 aliphatic carbocycles. The monoisotopic (exact) mass is 389 g/mol. The summed E-state index contributed by atoms with van der Waals surface area (Å²) >= 11 is 0. The summed E-state index contributed by atoms with van der Waals surface area (Å²) in [6, 6.07) is 0.0547. The van der Waals surface area contributed by atoms with Crippen LogP contribution in [-0.2, 0) is 24.0 Å². The van der Waals surface area contributed by atoms with E-state index in [-0.39, 0.29) is 46.9 Å². The van der Waals surface area contributed by atoms with E-state index >= 15 is 0 Å². The third-order valence-corrected chi connectivity index (χ3v) is 5.92. The van der Waals surface area contributed by atoms with Gasteiger partial charge in [0.15, 0.2) is 5.72 Å². The molecule has 2 saturated heterocycles. The third kappa shape index (κ3) is 2.31. The summed E-state index contributed by atoms with van der Waals surface area (Å²) in [7, 11) is 5.06. The van der Waals surface area contributed by atoms with Crippen molar-refractivity contribution in [3.05, 3.63) is 22.5 Å². The van der Waals surface area contributed by atoms with Crippen LogP contribution in [0.25, 0.3) is 0 Å². The Balaban J connectivity index is 1.83. The second-order valence-electron chi connectivity index (χ2n) is 7.67. The minimum absolute atomic E-state index is 0.0799. The van der Waals surface area contributed by atoms with Crippen molar-refractivity contribution in [2.75, 3.05) is 27.7 Å². The zero-order valence-corrected chi connectivity index (χ0v) is 16.2. The molecule has 0 radical (unpaired) electrons. The molecule has 3 aliphatic heterocycles. The molecule has 28 heavy (non-hydrogen) atoms. The van der Waals surface area contributed by atoms with Gasteiger partial charge in [-0.05, 0) is 6.92 Å². The van der Waals surface area contributed by atoms with Gasteiger partial charge in [0.2, 0.25) is 11.6 Å². The molecular formula is C18H23N5O5. The molecule has 4 rings (SSSR count). The summed E-state index contributed by atoms with van der Waals surface area (Å²) in [6.07, 6.45) is 1.30. The Kier molecular flexibility index (Phi) is 4.18. The maximum Gasteiger partial charge on any atom is 0.325 e. The first-order valence-electron chi connectivity index (χ1n) is 9.01. The van der Waals surface area contributed by atoms with Gasteiger partial charge in [-0.25, -0.2) is 4.99 Å². The lowest BCUT2D eigenvalue weighted by Gasteiger charge is -2.39. The van der Waals surface area contributed by atoms with Crippen molar-refractivity contribution < 1.29 is 24.0 Å². The second-order valence-corrected chi connectivity index (χ2v) is 7.67. The molecule has 10 heteroatoms. The number of carbonyl (C=O) groups excluding carboxylic acids is 3. The van der Waals surface area contributed by atoms with Crippen molar-refractivity contribution in [3.8, 4) is 0 Å². The van der Waals surface area contributed by atoms with Crippen LogP contribution in [-0.4, -0.2) is 79.2 Å². The molecule has 0 aromatic rings. The topological polar surface area (TPSA) is 136 Å². The van der Waals surface area contributed by atoms with Gasteiger partial charge in [-0.1, -0.05) is 0 Å². The maximum absolute atomic E-state index is 13.4. The highest BCUT2D eigenvalue weighted by Crippen LogP contribution is 2.56. The third-order valence-electron chi connectivity index (χ3n) is 5.92. The first-order chi connectivity index (χ1) is 13.3. The smallest absolute Gasteiger partial charge is 0.325 e. The van der Waals surface area contributed by atoms with E-state index in [1.54, 1.807) is 25.9 Å². The van der Waals surface area contributed by atoms with Crippen LogP contribution in [0.4, 0.5) is 0 Å². The number of hydrogen-bond donors (Lipinski definition) is 2. The quantitative estimate of drug-likeness (QED) is 0.193. The summed E-state index contributed by atoms with van der Waals surface area (Å²) in [5.74, 6) is 3.04. The maximum atomic E-state index is 13.4. The summed E-state index contributed by atoms with van der Waals surface area (Å²) in [5.41, 5.74) is -0.0906. The van der Waals surface area contributed by atoms with Crippen LogP contribution in [0.15, 0.2) is 27.5 Å². The lowest BCUT2D eigenvalue weighted by molar-refractivity contribution is -0.155. The minimum atomic E-state index is -1.00. The van der Waals surface area contributed by atoms with Gasteiger partial charge in [0.1, 0.15) is 5.70 Å². The van der Waals surface area contributed by atoms with Crippen LogP contribution >= 0.6 is 0 Å². The van der Waals surface area contributed by atoms with Gasteiger partial charge < -0.3 is 24.7 Å². The molecule has 4 aliphatic rings. The number of piperazine rings is 1. The standard InChI is InChI=1S/C18H23N5O5/c1-8-13(20-7-22(2)3)16(26)12-9(5-11(24)28-19)18(27-4)17-10(21-17)6-23(18)14(12)15(8)25/h7,9-10,17,21H,5-6,19H2,1-4H3/t9-,10+,17+,18-/m0/s1. The van der Waals surface area contributed by atoms with Crippen molar-refractivity contribution in [1.82, 2.24) is 15.1 Å². The fourth-order valence-corrected chi connectivity index (χ4v) is 4.70. The Morgan fingerprint density at radius 1 is 1.43 bits per heavy atom. The minimum Gasteiger partial charge on any atom is -0.373 e. The van der Waals surface area contributed by atoms with Crippen LogP contribution in [0.2, 0.25) is 0 Å². The number of rotatable bonds is 5. The Bertz CT molecular complexity index is 876. The Hall–Kier alpha value is -2.56. The number of fused-ring (bicyclic) bond motifs is 4. The number of carbonyl (C=O) groups is 3. The highest BCUT2D eigenvalue weighted by Gasteiger charge is 2.72. The van der Waals surface area contributed by atoms with Gasteiger partial charge in [-0.2, -0.15) is 5.90 Å². The molecule has 0 bridgehead atoms. The molecule has 0 aromatic heterocycles. The SMILES string of the molecule is CO[C@@]12[C@@H]3N[C@@H]3CN1C1=C(C(=O)C(N=CN(C)C)=C(C)C1=O)[C@@H]2CC(=O)ON. The van der Waals surface area contributed by atoms with Crippen LogP contribution in [0.3, 0.4) is 0 Å². The van der Waals surface area contributed by atoms with Gasteiger partial charge >= 0.3 is 5.97 Å². The highest BCUT2D eigenvalue weighted by molar-refractivity contribution is 6.26. The Morgan fingerprint density at radius 3 is 2.75 bits per heavy atom. The zero-order chi connectivity index (χ0) is 20.4. The summed E-state index contributed by atoms with van der Waals surface area (Å²) in [4.78, 5) is 50.7. The van der Waals surface area contributed by atoms with E-state index < -0.39 is 17.6 Å². The molecular weight excluding hydrogens is 366 g/mol. The first-order valence-corrected chi connectivity index (χ1v) is 9.01. The lowest BCUT2D eigenvalue weighted by atomic mass is 9.80. The second kappa shape index (κ2) is 6.23. The van der Waals surface area contributed by atoms with Gasteiger partial charge in [-0.15, -0.1) is 0 Å². The van der Waals surface area contributed by atoms with Gasteiger partial charge in [0.25, 0.3) is 0 Å². The zero-order valence-electron chi connectivity index (χ0n) is 16.2. The molecule has 0 saturated carbocycles. The molecule has 3 heterocycles. The molecule has 4 atom stereocenters. The molecule has 0 unspecified atom stereocenters. The molecule has 0 aromatic carbocycles. The first kappa shape index (κ1) is 18.8. The normalized spacial score (nSPS) is 33.5. The van der Waals surface area contributed by atoms with E-state index in [4.69, 9.17) is 10.6 Å². The summed E-state index contributed by atoms with van der Waals surface area (Å²) in [5, 5.41) is 3.31. The summed E-state index contributed by atoms with van der Waals surface area (Å²) in [6.45, 7) is 2.12. The van der Waals surface area contributed by atoms with Crippen molar-refractivity contribution in [1.29, 1.82) is 0 Å². The van der Waals surface area contributed by atoms with Crippen molar-refractivity contribution in [2.24, 2.45) is 16.8 Å². The highest BCUT2D eigenvalue weighted by atomic mass is 16.7. The van der Waals surface area contributed by atoms with Crippen LogP contribution in [0, 0.1) is 5.92 Å². The Morgan fingerprint density at radius 2 is 2.14 bits per heavy atom. The average Bonchev–Trinajstić information content (AvgIpc) is 3.27. The van der Waals surface area contributed by atoms with E-state index in [1.807, 2.05) is 4.90 Å². The molecule has 0 amide bonds. The van der Waals surface area contributed by atoms with Crippen LogP contribution < -0.4 is 11.2 Å². The number of hydrogen-bond acceptors (Lipinski definition) is 9. The van der Waals surface area contributed by atoms with E-state index in [9.17, 15) is 14.4 Å². The van der Waals surface area contributed by atoms with E-state index in [0.29, 0.717) is 12.2 Å². The number of aliphatic imine (C=N–C) groups is 1.